The summed E-state index contributed by atoms with van der Waals surface area (Å²) in [5, 5.41) is 4.23. The fraction of sp³-hybridized carbons (Fsp3) is 0.500. The molecule has 1 unspecified atom stereocenters. The molecule has 16 heavy (non-hydrogen) atoms. The van der Waals surface area contributed by atoms with Crippen LogP contribution in [0.25, 0.3) is 0 Å². The normalized spacial score (nSPS) is 21.2. The summed E-state index contributed by atoms with van der Waals surface area (Å²) in [7, 11) is 0. The second-order valence-corrected chi connectivity index (χ2v) is 5.56. The highest BCUT2D eigenvalue weighted by Gasteiger charge is 2.20. The number of halogens is 2. The molecule has 88 valence electrons. The van der Waals surface area contributed by atoms with Gasteiger partial charge in [0.05, 0.1) is 5.69 Å². The van der Waals surface area contributed by atoms with E-state index in [0.717, 1.165) is 34.7 Å². The Bertz CT molecular complexity index is 395. The Kier molecular flexibility index (Phi) is 3.77. The molecule has 1 saturated heterocycles. The number of anilines is 1. The summed E-state index contributed by atoms with van der Waals surface area (Å²) < 4.78 is 1.13. The molecule has 0 spiro atoms. The molecule has 0 aliphatic carbocycles. The minimum absolute atomic E-state index is 0.504. The predicted molar refractivity (Wildman–Crippen MR) is 73.6 cm³/mol. The van der Waals surface area contributed by atoms with Gasteiger partial charge >= 0.3 is 0 Å². The van der Waals surface area contributed by atoms with Crippen LogP contribution in [-0.2, 0) is 0 Å². The van der Waals surface area contributed by atoms with Gasteiger partial charge in [0.1, 0.15) is 0 Å². The van der Waals surface area contributed by atoms with E-state index in [2.05, 4.69) is 45.2 Å². The minimum atomic E-state index is 0.504. The molecule has 0 bridgehead atoms. The average Bonchev–Trinajstić information content (AvgIpc) is 2.25. The lowest BCUT2D eigenvalue weighted by Crippen LogP contribution is -2.50. The summed E-state index contributed by atoms with van der Waals surface area (Å²) in [6.45, 7) is 7.34. The molecule has 0 aromatic heterocycles. The van der Waals surface area contributed by atoms with E-state index in [1.54, 1.807) is 0 Å². The fourth-order valence-electron chi connectivity index (χ4n) is 2.05. The van der Waals surface area contributed by atoms with Crippen LogP contribution in [0.5, 0.6) is 0 Å². The molecule has 0 saturated carbocycles. The summed E-state index contributed by atoms with van der Waals surface area (Å²) in [6.07, 6.45) is 0. The molecule has 4 heteroatoms. The van der Waals surface area contributed by atoms with Crippen LogP contribution in [0, 0.1) is 6.92 Å². The number of nitrogens with one attached hydrogen (secondary N) is 1. The van der Waals surface area contributed by atoms with Crippen LogP contribution in [0.4, 0.5) is 5.69 Å². The number of nitrogens with zero attached hydrogens (tertiary/aromatic N) is 1. The first kappa shape index (κ1) is 12.2. The monoisotopic (exact) mass is 302 g/mol. The van der Waals surface area contributed by atoms with Crippen molar-refractivity contribution in [2.24, 2.45) is 0 Å². The Labute approximate surface area is 110 Å². The molecule has 2 rings (SSSR count). The predicted octanol–water partition coefficient (Wildman–Crippen LogP) is 3.21. The highest BCUT2D eigenvalue weighted by Crippen LogP contribution is 2.33. The maximum atomic E-state index is 6.19. The van der Waals surface area contributed by atoms with Gasteiger partial charge in [-0.15, -0.1) is 0 Å². The third kappa shape index (κ3) is 2.36. The molecule has 1 aliphatic rings. The van der Waals surface area contributed by atoms with Crippen molar-refractivity contribution in [3.63, 3.8) is 0 Å². The summed E-state index contributed by atoms with van der Waals surface area (Å²) in [6, 6.07) is 4.65. The quantitative estimate of drug-likeness (QED) is 0.857. The van der Waals surface area contributed by atoms with Crippen LogP contribution in [0.2, 0.25) is 5.02 Å². The lowest BCUT2D eigenvalue weighted by molar-refractivity contribution is 0.500. The van der Waals surface area contributed by atoms with Crippen molar-refractivity contribution in [1.29, 1.82) is 0 Å². The lowest BCUT2D eigenvalue weighted by atomic mass is 10.1. The van der Waals surface area contributed by atoms with Gasteiger partial charge in [0.2, 0.25) is 0 Å². The Morgan fingerprint density at radius 1 is 1.50 bits per heavy atom. The zero-order valence-electron chi connectivity index (χ0n) is 9.56. The number of hydrogen-bond donors (Lipinski definition) is 1. The highest BCUT2D eigenvalue weighted by atomic mass is 79.9. The van der Waals surface area contributed by atoms with E-state index in [9.17, 15) is 0 Å². The van der Waals surface area contributed by atoms with Crippen molar-refractivity contribution in [2.75, 3.05) is 24.5 Å². The van der Waals surface area contributed by atoms with E-state index in [1.165, 1.54) is 5.69 Å². The molecule has 1 aliphatic heterocycles. The van der Waals surface area contributed by atoms with Crippen molar-refractivity contribution in [3.05, 3.63) is 27.2 Å². The van der Waals surface area contributed by atoms with Gasteiger partial charge in [0, 0.05) is 35.2 Å². The van der Waals surface area contributed by atoms with Gasteiger partial charge in [-0.2, -0.15) is 0 Å². The van der Waals surface area contributed by atoms with E-state index in [0.29, 0.717) is 6.04 Å². The molecule has 1 aromatic carbocycles. The molecule has 1 N–H and O–H groups in total. The molecule has 2 nitrogen and oxygen atoms in total. The molecular formula is C12H16BrClN2. The maximum absolute atomic E-state index is 6.19. The molecule has 1 aromatic rings. The Morgan fingerprint density at radius 3 is 2.94 bits per heavy atom. The minimum Gasteiger partial charge on any atom is -0.365 e. The van der Waals surface area contributed by atoms with Gasteiger partial charge in [0.25, 0.3) is 0 Å². The van der Waals surface area contributed by atoms with Crippen molar-refractivity contribution in [2.45, 2.75) is 19.9 Å². The van der Waals surface area contributed by atoms with Crippen molar-refractivity contribution in [3.8, 4) is 0 Å². The standard InChI is InChI=1S/C12H16BrClN2/c1-8-5-10(13)12(6-11(8)14)16-4-3-15-7-9(16)2/h5-6,9,15H,3-4,7H2,1-2H3. The van der Waals surface area contributed by atoms with Crippen LogP contribution in [0.3, 0.4) is 0 Å². The second kappa shape index (κ2) is 4.94. The van der Waals surface area contributed by atoms with Gasteiger partial charge in [-0.3, -0.25) is 0 Å². The van der Waals surface area contributed by atoms with Crippen LogP contribution < -0.4 is 10.2 Å². The molecule has 1 atom stereocenters. The molecule has 0 amide bonds. The summed E-state index contributed by atoms with van der Waals surface area (Å²) in [5.41, 5.74) is 2.31. The second-order valence-electron chi connectivity index (χ2n) is 4.30. The number of rotatable bonds is 1. The van der Waals surface area contributed by atoms with Crippen LogP contribution in [-0.4, -0.2) is 25.7 Å². The Hall–Kier alpha value is -0.250. The number of hydrogen-bond acceptors (Lipinski definition) is 2. The van der Waals surface area contributed by atoms with E-state index < -0.39 is 0 Å². The van der Waals surface area contributed by atoms with Gasteiger partial charge in [0.15, 0.2) is 0 Å². The molecule has 0 radical (unpaired) electrons. The van der Waals surface area contributed by atoms with Gasteiger partial charge in [-0.1, -0.05) is 11.6 Å². The SMILES string of the molecule is Cc1cc(Br)c(N2CCNCC2C)cc1Cl. The summed E-state index contributed by atoms with van der Waals surface area (Å²) in [4.78, 5) is 2.39. The van der Waals surface area contributed by atoms with Crippen LogP contribution >= 0.6 is 27.5 Å². The Morgan fingerprint density at radius 2 is 2.25 bits per heavy atom. The van der Waals surface area contributed by atoms with E-state index >= 15 is 0 Å². The molecule has 1 fully saturated rings. The van der Waals surface area contributed by atoms with Crippen LogP contribution in [0.15, 0.2) is 16.6 Å². The largest absolute Gasteiger partial charge is 0.365 e. The van der Waals surface area contributed by atoms with Gasteiger partial charge in [-0.25, -0.2) is 0 Å². The van der Waals surface area contributed by atoms with Gasteiger partial charge < -0.3 is 10.2 Å². The molecule has 1 heterocycles. The first-order chi connectivity index (χ1) is 7.59. The third-order valence-electron chi connectivity index (χ3n) is 3.04. The average molecular weight is 304 g/mol. The van der Waals surface area contributed by atoms with Crippen molar-refractivity contribution in [1.82, 2.24) is 5.32 Å². The first-order valence-corrected chi connectivity index (χ1v) is 6.69. The Balaban J connectivity index is 2.35. The summed E-state index contributed by atoms with van der Waals surface area (Å²) in [5.74, 6) is 0. The maximum Gasteiger partial charge on any atom is 0.0529 e. The number of benzene rings is 1. The third-order valence-corrected chi connectivity index (χ3v) is 4.08. The first-order valence-electron chi connectivity index (χ1n) is 5.52. The fourth-order valence-corrected chi connectivity index (χ4v) is 2.90. The number of aryl methyl sites for hydroxylation is 1. The number of piperazine rings is 1. The van der Waals surface area contributed by atoms with Crippen molar-refractivity contribution < 1.29 is 0 Å². The van der Waals surface area contributed by atoms with E-state index in [4.69, 9.17) is 11.6 Å². The highest BCUT2D eigenvalue weighted by molar-refractivity contribution is 9.10. The van der Waals surface area contributed by atoms with Gasteiger partial charge in [-0.05, 0) is 47.5 Å². The smallest absolute Gasteiger partial charge is 0.0529 e. The lowest BCUT2D eigenvalue weighted by Gasteiger charge is -2.36. The topological polar surface area (TPSA) is 15.3 Å². The van der Waals surface area contributed by atoms with E-state index in [-0.39, 0.29) is 0 Å². The summed E-state index contributed by atoms with van der Waals surface area (Å²) >= 11 is 9.81. The van der Waals surface area contributed by atoms with Crippen molar-refractivity contribution >= 4 is 33.2 Å². The molecular weight excluding hydrogens is 288 g/mol. The zero-order valence-corrected chi connectivity index (χ0v) is 11.9. The zero-order chi connectivity index (χ0) is 11.7. The van der Waals surface area contributed by atoms with E-state index in [1.807, 2.05) is 6.92 Å². The van der Waals surface area contributed by atoms with Crippen LogP contribution in [0.1, 0.15) is 12.5 Å².